The molecule has 0 spiro atoms. The number of halogens is 1. The third kappa shape index (κ3) is 3.57. The van der Waals surface area contributed by atoms with E-state index in [-0.39, 0.29) is 5.75 Å². The van der Waals surface area contributed by atoms with Gasteiger partial charge in [0, 0.05) is 18.5 Å². The maximum atomic E-state index is 9.69. The summed E-state index contributed by atoms with van der Waals surface area (Å²) in [5, 5.41) is 18.6. The fourth-order valence-electron chi connectivity index (χ4n) is 3.01. The molecule has 1 unspecified atom stereocenters. The van der Waals surface area contributed by atoms with E-state index in [1.165, 1.54) is 18.0 Å². The fraction of sp³-hybridized carbons (Fsp3) is 0.150. The van der Waals surface area contributed by atoms with Crippen LogP contribution in [0.25, 0.3) is 11.0 Å². The lowest BCUT2D eigenvalue weighted by Gasteiger charge is -2.13. The number of phenols is 1. The quantitative estimate of drug-likeness (QED) is 0.524. The van der Waals surface area contributed by atoms with E-state index < -0.39 is 0 Å². The third-order valence-corrected chi connectivity index (χ3v) is 4.78. The molecule has 4 aromatic rings. The molecule has 0 fully saturated rings. The fourth-order valence-corrected chi connectivity index (χ4v) is 3.17. The molecular weight excluding hydrogens is 362 g/mol. The van der Waals surface area contributed by atoms with Crippen LogP contribution in [0.4, 0.5) is 11.5 Å². The van der Waals surface area contributed by atoms with Gasteiger partial charge in [0.15, 0.2) is 5.65 Å². The molecule has 4 rings (SSSR count). The Morgan fingerprint density at radius 2 is 1.96 bits per heavy atom. The average Bonchev–Trinajstić information content (AvgIpc) is 3.09. The molecule has 0 aliphatic rings. The van der Waals surface area contributed by atoms with Crippen LogP contribution in [0.3, 0.4) is 0 Å². The molecule has 0 saturated carbocycles. The lowest BCUT2D eigenvalue weighted by atomic mass is 10.0. The van der Waals surface area contributed by atoms with Crippen molar-refractivity contribution in [1.82, 2.24) is 19.7 Å². The number of fused-ring (bicyclic) bond motifs is 1. The van der Waals surface area contributed by atoms with Crippen molar-refractivity contribution < 1.29 is 5.11 Å². The van der Waals surface area contributed by atoms with E-state index in [1.54, 1.807) is 18.3 Å². The monoisotopic (exact) mass is 379 g/mol. The Morgan fingerprint density at radius 1 is 1.15 bits per heavy atom. The minimum Gasteiger partial charge on any atom is -0.508 e. The maximum absolute atomic E-state index is 9.69. The van der Waals surface area contributed by atoms with Gasteiger partial charge in [-0.2, -0.15) is 5.10 Å². The summed E-state index contributed by atoms with van der Waals surface area (Å²) in [7, 11) is 0. The summed E-state index contributed by atoms with van der Waals surface area (Å²) in [4.78, 5) is 8.70. The smallest absolute Gasteiger partial charge is 0.163 e. The molecule has 1 atom stereocenters. The summed E-state index contributed by atoms with van der Waals surface area (Å²) in [6.45, 7) is 2.87. The first-order valence-electron chi connectivity index (χ1n) is 8.59. The van der Waals surface area contributed by atoms with Gasteiger partial charge in [0.25, 0.3) is 0 Å². The summed E-state index contributed by atoms with van der Waals surface area (Å²) in [5.74, 6) is 1.01. The highest BCUT2D eigenvalue weighted by molar-refractivity contribution is 6.33. The van der Waals surface area contributed by atoms with E-state index in [4.69, 9.17) is 11.6 Å². The SMILES string of the molecule is CC(Cn1ncc2c(Nc3cc(O)ccc3Cl)ncnc21)c1ccccc1. The van der Waals surface area contributed by atoms with Crippen molar-refractivity contribution in [1.29, 1.82) is 0 Å². The topological polar surface area (TPSA) is 75.9 Å². The Bertz CT molecular complexity index is 1080. The number of aromatic hydroxyl groups is 1. The number of benzene rings is 2. The Balaban J connectivity index is 1.64. The van der Waals surface area contributed by atoms with Crippen molar-refractivity contribution in [3.05, 3.63) is 71.6 Å². The maximum Gasteiger partial charge on any atom is 0.163 e. The van der Waals surface area contributed by atoms with Crippen molar-refractivity contribution in [3.8, 4) is 5.75 Å². The molecule has 6 nitrogen and oxygen atoms in total. The summed E-state index contributed by atoms with van der Waals surface area (Å²) >= 11 is 6.20. The van der Waals surface area contributed by atoms with Gasteiger partial charge in [-0.05, 0) is 17.7 Å². The number of phenolic OH excluding ortho intramolecular Hbond substituents is 1. The van der Waals surface area contributed by atoms with Crippen molar-refractivity contribution >= 4 is 34.1 Å². The van der Waals surface area contributed by atoms with Crippen LogP contribution in [0.5, 0.6) is 5.75 Å². The second-order valence-electron chi connectivity index (χ2n) is 6.39. The summed E-state index contributed by atoms with van der Waals surface area (Å²) < 4.78 is 1.88. The van der Waals surface area contributed by atoms with Gasteiger partial charge in [0.1, 0.15) is 17.9 Å². The van der Waals surface area contributed by atoms with Crippen molar-refractivity contribution in [2.24, 2.45) is 0 Å². The number of hydrogen-bond donors (Lipinski definition) is 2. The molecule has 0 saturated heterocycles. The van der Waals surface area contributed by atoms with Gasteiger partial charge in [-0.25, -0.2) is 14.6 Å². The summed E-state index contributed by atoms with van der Waals surface area (Å²) in [5.41, 5.74) is 2.56. The van der Waals surface area contributed by atoms with Crippen LogP contribution in [0.15, 0.2) is 61.1 Å². The first kappa shape index (κ1) is 17.3. The minimum atomic E-state index is 0.125. The van der Waals surface area contributed by atoms with Gasteiger partial charge >= 0.3 is 0 Å². The number of nitrogens with zero attached hydrogens (tertiary/aromatic N) is 4. The largest absolute Gasteiger partial charge is 0.508 e. The van der Waals surface area contributed by atoms with Gasteiger partial charge in [-0.3, -0.25) is 0 Å². The van der Waals surface area contributed by atoms with Crippen molar-refractivity contribution in [2.45, 2.75) is 19.4 Å². The number of aromatic nitrogens is 4. The molecule has 2 heterocycles. The zero-order chi connectivity index (χ0) is 18.8. The molecule has 27 heavy (non-hydrogen) atoms. The van der Waals surface area contributed by atoms with Crippen LogP contribution >= 0.6 is 11.6 Å². The molecule has 0 bridgehead atoms. The van der Waals surface area contributed by atoms with E-state index >= 15 is 0 Å². The van der Waals surface area contributed by atoms with Crippen LogP contribution in [-0.2, 0) is 6.54 Å². The first-order valence-corrected chi connectivity index (χ1v) is 8.96. The van der Waals surface area contributed by atoms with E-state index in [9.17, 15) is 5.11 Å². The number of nitrogens with one attached hydrogen (secondary N) is 1. The molecule has 0 aliphatic carbocycles. The third-order valence-electron chi connectivity index (χ3n) is 4.45. The Kier molecular flexibility index (Phi) is 4.64. The lowest BCUT2D eigenvalue weighted by molar-refractivity contribution is 0.475. The second-order valence-corrected chi connectivity index (χ2v) is 6.79. The van der Waals surface area contributed by atoms with Crippen molar-refractivity contribution in [3.63, 3.8) is 0 Å². The molecule has 2 aromatic carbocycles. The molecule has 2 N–H and O–H groups in total. The second kappa shape index (κ2) is 7.25. The normalized spacial score (nSPS) is 12.2. The molecular formula is C20H18ClN5O. The first-order chi connectivity index (χ1) is 13.1. The molecule has 7 heteroatoms. The molecule has 0 aliphatic heterocycles. The summed E-state index contributed by atoms with van der Waals surface area (Å²) in [6, 6.07) is 15.0. The Labute approximate surface area is 161 Å². The highest BCUT2D eigenvalue weighted by Crippen LogP contribution is 2.31. The van der Waals surface area contributed by atoms with Gasteiger partial charge in [-0.15, -0.1) is 0 Å². The van der Waals surface area contributed by atoms with Crippen molar-refractivity contribution in [2.75, 3.05) is 5.32 Å². The zero-order valence-corrected chi connectivity index (χ0v) is 15.4. The Morgan fingerprint density at radius 3 is 2.78 bits per heavy atom. The van der Waals surface area contributed by atoms with E-state index in [0.29, 0.717) is 29.0 Å². The number of rotatable bonds is 5. The van der Waals surface area contributed by atoms with Gasteiger partial charge < -0.3 is 10.4 Å². The van der Waals surface area contributed by atoms with Gasteiger partial charge in [-0.1, -0.05) is 48.9 Å². The predicted molar refractivity (Wildman–Crippen MR) is 107 cm³/mol. The van der Waals surface area contributed by atoms with E-state index in [2.05, 4.69) is 39.4 Å². The van der Waals surface area contributed by atoms with Crippen LogP contribution < -0.4 is 5.32 Å². The van der Waals surface area contributed by atoms with Crippen LogP contribution in [-0.4, -0.2) is 24.9 Å². The molecule has 0 amide bonds. The zero-order valence-electron chi connectivity index (χ0n) is 14.7. The van der Waals surface area contributed by atoms with E-state index in [0.717, 1.165) is 11.0 Å². The van der Waals surface area contributed by atoms with Crippen LogP contribution in [0, 0.1) is 0 Å². The highest BCUT2D eigenvalue weighted by Gasteiger charge is 2.14. The van der Waals surface area contributed by atoms with Gasteiger partial charge in [0.2, 0.25) is 0 Å². The van der Waals surface area contributed by atoms with Crippen LogP contribution in [0.2, 0.25) is 5.02 Å². The average molecular weight is 380 g/mol. The summed E-state index contributed by atoms with van der Waals surface area (Å²) in [6.07, 6.45) is 3.23. The van der Waals surface area contributed by atoms with Gasteiger partial charge in [0.05, 0.1) is 22.3 Å². The molecule has 136 valence electrons. The lowest BCUT2D eigenvalue weighted by Crippen LogP contribution is -2.08. The molecule has 2 aromatic heterocycles. The number of anilines is 2. The Hall–Kier alpha value is -3.12. The van der Waals surface area contributed by atoms with Crippen LogP contribution in [0.1, 0.15) is 18.4 Å². The highest BCUT2D eigenvalue weighted by atomic mass is 35.5. The predicted octanol–water partition coefficient (Wildman–Crippen LogP) is 4.73. The number of hydrogen-bond acceptors (Lipinski definition) is 5. The van der Waals surface area contributed by atoms with E-state index in [1.807, 2.05) is 22.9 Å². The standard InChI is InChI=1S/C20H18ClN5O/c1-13(14-5-3-2-4-6-14)11-26-20-16(10-24-26)19(22-12-23-20)25-18-9-15(27)7-8-17(18)21/h2-10,12-13,27H,11H2,1H3,(H,22,23,25). The minimum absolute atomic E-state index is 0.125. The molecule has 0 radical (unpaired) electrons.